The van der Waals surface area contributed by atoms with E-state index in [1.54, 1.807) is 13.3 Å². The van der Waals surface area contributed by atoms with E-state index in [1.165, 1.54) is 0 Å². The van der Waals surface area contributed by atoms with E-state index in [9.17, 15) is 4.79 Å². The van der Waals surface area contributed by atoms with E-state index in [0.717, 1.165) is 34.8 Å². The highest BCUT2D eigenvalue weighted by Crippen LogP contribution is 2.21. The Hall–Kier alpha value is -3.08. The molecule has 1 amide bonds. The van der Waals surface area contributed by atoms with Gasteiger partial charge in [0.05, 0.1) is 31.5 Å². The van der Waals surface area contributed by atoms with Gasteiger partial charge in [-0.05, 0) is 41.8 Å². The molecule has 1 atom stereocenters. The molecule has 26 heavy (non-hydrogen) atoms. The fraction of sp³-hybridized carbons (Fsp3) is 0.238. The minimum absolute atomic E-state index is 0.0149. The molecular weight excluding hydrogens is 326 g/mol. The molecule has 0 aliphatic rings. The van der Waals surface area contributed by atoms with Crippen LogP contribution < -0.4 is 10.1 Å². The third-order valence-corrected chi connectivity index (χ3v) is 4.39. The highest BCUT2D eigenvalue weighted by Gasteiger charge is 2.18. The standard InChI is InChI=1S/C21H23N3O2/c1-3-18(15-7-5-4-6-8-15)21(25)23-14-20-22-13-19(24-20)16-9-11-17(26-2)12-10-16/h4-13,18H,3,14H2,1-2H3,(H,22,24)(H,23,25)/t18-/m1/s1. The first-order valence-corrected chi connectivity index (χ1v) is 8.72. The van der Waals surface area contributed by atoms with Crippen LogP contribution in [0.15, 0.2) is 60.8 Å². The fourth-order valence-electron chi connectivity index (χ4n) is 2.92. The first kappa shape index (κ1) is 17.7. The van der Waals surface area contributed by atoms with E-state index in [0.29, 0.717) is 6.54 Å². The first-order valence-electron chi connectivity index (χ1n) is 8.72. The molecule has 2 aromatic carbocycles. The largest absolute Gasteiger partial charge is 0.497 e. The zero-order valence-corrected chi connectivity index (χ0v) is 15.0. The van der Waals surface area contributed by atoms with E-state index in [1.807, 2.05) is 61.5 Å². The van der Waals surface area contributed by atoms with Crippen LogP contribution >= 0.6 is 0 Å². The molecule has 134 valence electrons. The molecule has 5 heteroatoms. The Balaban J connectivity index is 1.63. The molecule has 1 heterocycles. The molecule has 5 nitrogen and oxygen atoms in total. The Morgan fingerprint density at radius 1 is 1.15 bits per heavy atom. The lowest BCUT2D eigenvalue weighted by Crippen LogP contribution is -2.29. The van der Waals surface area contributed by atoms with Gasteiger partial charge in [0.1, 0.15) is 11.6 Å². The number of imidazole rings is 1. The Labute approximate surface area is 153 Å². The van der Waals surface area contributed by atoms with Crippen molar-refractivity contribution in [1.29, 1.82) is 0 Å². The molecule has 0 saturated heterocycles. The van der Waals surface area contributed by atoms with Gasteiger partial charge in [-0.3, -0.25) is 4.79 Å². The quantitative estimate of drug-likeness (QED) is 0.680. The summed E-state index contributed by atoms with van der Waals surface area (Å²) in [6, 6.07) is 17.6. The lowest BCUT2D eigenvalue weighted by molar-refractivity contribution is -0.122. The van der Waals surface area contributed by atoms with Gasteiger partial charge in [0.2, 0.25) is 5.91 Å². The van der Waals surface area contributed by atoms with Crippen LogP contribution in [0.5, 0.6) is 5.75 Å². The first-order chi connectivity index (χ1) is 12.7. The van der Waals surface area contributed by atoms with Crippen LogP contribution in [0.1, 0.15) is 30.7 Å². The molecule has 0 fully saturated rings. The van der Waals surface area contributed by atoms with Crippen molar-refractivity contribution < 1.29 is 9.53 Å². The average molecular weight is 349 g/mol. The number of nitrogens with one attached hydrogen (secondary N) is 2. The maximum atomic E-state index is 12.5. The molecule has 3 rings (SSSR count). The second-order valence-electron chi connectivity index (χ2n) is 6.06. The van der Waals surface area contributed by atoms with Crippen LogP contribution in [0.4, 0.5) is 0 Å². The van der Waals surface area contributed by atoms with Crippen molar-refractivity contribution >= 4 is 5.91 Å². The number of nitrogens with zero attached hydrogens (tertiary/aromatic N) is 1. The summed E-state index contributed by atoms with van der Waals surface area (Å²) >= 11 is 0. The number of carbonyl (C=O) groups excluding carboxylic acids is 1. The van der Waals surface area contributed by atoms with Crippen LogP contribution in [-0.2, 0) is 11.3 Å². The van der Waals surface area contributed by atoms with Crippen LogP contribution in [-0.4, -0.2) is 23.0 Å². The monoisotopic (exact) mass is 349 g/mol. The van der Waals surface area contributed by atoms with E-state index in [2.05, 4.69) is 15.3 Å². The predicted octanol–water partition coefficient (Wildman–Crippen LogP) is 3.90. The number of methoxy groups -OCH3 is 1. The Morgan fingerprint density at radius 2 is 1.88 bits per heavy atom. The summed E-state index contributed by atoms with van der Waals surface area (Å²) in [5.74, 6) is 1.41. The zero-order valence-electron chi connectivity index (χ0n) is 15.0. The van der Waals surface area contributed by atoms with Crippen molar-refractivity contribution in [2.45, 2.75) is 25.8 Å². The summed E-state index contributed by atoms with van der Waals surface area (Å²) in [5.41, 5.74) is 2.96. The number of ether oxygens (including phenoxy) is 1. The van der Waals surface area contributed by atoms with Gasteiger partial charge in [-0.1, -0.05) is 37.3 Å². The molecule has 0 unspecified atom stereocenters. The second kappa shape index (κ2) is 8.34. The molecule has 2 N–H and O–H groups in total. The minimum Gasteiger partial charge on any atom is -0.497 e. The third-order valence-electron chi connectivity index (χ3n) is 4.39. The number of hydrogen-bond donors (Lipinski definition) is 2. The van der Waals surface area contributed by atoms with Crippen LogP contribution in [0, 0.1) is 0 Å². The third kappa shape index (κ3) is 4.11. The number of carbonyl (C=O) groups is 1. The van der Waals surface area contributed by atoms with Crippen molar-refractivity contribution in [3.05, 3.63) is 72.2 Å². The van der Waals surface area contributed by atoms with E-state index >= 15 is 0 Å². The van der Waals surface area contributed by atoms with E-state index in [4.69, 9.17) is 4.74 Å². The van der Waals surface area contributed by atoms with E-state index < -0.39 is 0 Å². The summed E-state index contributed by atoms with van der Waals surface area (Å²) in [7, 11) is 1.64. The normalized spacial score (nSPS) is 11.8. The molecule has 0 saturated carbocycles. The van der Waals surface area contributed by atoms with Gasteiger partial charge in [0.15, 0.2) is 0 Å². The summed E-state index contributed by atoms with van der Waals surface area (Å²) in [6.07, 6.45) is 2.53. The summed E-state index contributed by atoms with van der Waals surface area (Å²) < 4.78 is 5.17. The second-order valence-corrected chi connectivity index (χ2v) is 6.06. The number of H-pyrrole nitrogens is 1. The van der Waals surface area contributed by atoms with Gasteiger partial charge in [-0.2, -0.15) is 0 Å². The number of benzene rings is 2. The molecule has 0 radical (unpaired) electrons. The SMILES string of the molecule is CC[C@@H](C(=O)NCc1ncc(-c2ccc(OC)cc2)[nH]1)c1ccccc1. The molecule has 0 aliphatic heterocycles. The van der Waals surface area contributed by atoms with Crippen molar-refractivity contribution in [2.24, 2.45) is 0 Å². The molecule has 0 aliphatic carbocycles. The van der Waals surface area contributed by atoms with Gasteiger partial charge in [0.25, 0.3) is 0 Å². The van der Waals surface area contributed by atoms with Crippen LogP contribution in [0.25, 0.3) is 11.3 Å². The minimum atomic E-state index is -0.146. The maximum Gasteiger partial charge on any atom is 0.227 e. The number of aromatic nitrogens is 2. The van der Waals surface area contributed by atoms with Crippen molar-refractivity contribution in [3.63, 3.8) is 0 Å². The number of hydrogen-bond acceptors (Lipinski definition) is 3. The molecule has 0 spiro atoms. The fourth-order valence-corrected chi connectivity index (χ4v) is 2.92. The topological polar surface area (TPSA) is 67.0 Å². The predicted molar refractivity (Wildman–Crippen MR) is 102 cm³/mol. The molecule has 1 aromatic heterocycles. The van der Waals surface area contributed by atoms with E-state index in [-0.39, 0.29) is 11.8 Å². The van der Waals surface area contributed by atoms with Gasteiger partial charge in [-0.25, -0.2) is 4.98 Å². The lowest BCUT2D eigenvalue weighted by Gasteiger charge is -2.14. The zero-order chi connectivity index (χ0) is 18.4. The number of rotatable bonds is 7. The van der Waals surface area contributed by atoms with Crippen molar-refractivity contribution in [3.8, 4) is 17.0 Å². The molecule has 0 bridgehead atoms. The van der Waals surface area contributed by atoms with Gasteiger partial charge in [0, 0.05) is 0 Å². The highest BCUT2D eigenvalue weighted by atomic mass is 16.5. The Morgan fingerprint density at radius 3 is 2.54 bits per heavy atom. The Bertz CT molecular complexity index is 841. The van der Waals surface area contributed by atoms with Crippen molar-refractivity contribution in [1.82, 2.24) is 15.3 Å². The Kier molecular flexibility index (Phi) is 5.69. The summed E-state index contributed by atoms with van der Waals surface area (Å²) in [4.78, 5) is 20.1. The van der Waals surface area contributed by atoms with Crippen LogP contribution in [0.3, 0.4) is 0 Å². The van der Waals surface area contributed by atoms with Crippen LogP contribution in [0.2, 0.25) is 0 Å². The van der Waals surface area contributed by atoms with Gasteiger partial charge < -0.3 is 15.0 Å². The van der Waals surface area contributed by atoms with Gasteiger partial charge in [-0.15, -0.1) is 0 Å². The van der Waals surface area contributed by atoms with Crippen molar-refractivity contribution in [2.75, 3.05) is 7.11 Å². The lowest BCUT2D eigenvalue weighted by atomic mass is 9.96. The smallest absolute Gasteiger partial charge is 0.227 e. The van der Waals surface area contributed by atoms with Gasteiger partial charge >= 0.3 is 0 Å². The highest BCUT2D eigenvalue weighted by molar-refractivity contribution is 5.83. The maximum absolute atomic E-state index is 12.5. The molecular formula is C21H23N3O2. The average Bonchev–Trinajstić information content (AvgIpc) is 3.17. The number of aromatic amines is 1. The number of amides is 1. The molecule has 3 aromatic rings. The summed E-state index contributed by atoms with van der Waals surface area (Å²) in [6.45, 7) is 2.39. The summed E-state index contributed by atoms with van der Waals surface area (Å²) in [5, 5.41) is 2.98.